The van der Waals surface area contributed by atoms with Gasteiger partial charge in [0.2, 0.25) is 0 Å². The molecule has 1 fully saturated rings. The number of halogens is 1. The standard InChI is InChI=1S/C17H18ClN3/c1-11-8-12(11)10-21-16(6-7-18)20-15-9-19-14-5-3-2-4-13(14)17(15)21/h2-5,9,11-12H,6-8,10H2,1H3. The van der Waals surface area contributed by atoms with Crippen LogP contribution in [0.5, 0.6) is 0 Å². The molecule has 2 atom stereocenters. The molecule has 2 unspecified atom stereocenters. The van der Waals surface area contributed by atoms with Crippen molar-refractivity contribution < 1.29 is 0 Å². The molecule has 0 saturated heterocycles. The van der Waals surface area contributed by atoms with Crippen molar-refractivity contribution in [1.82, 2.24) is 14.5 Å². The van der Waals surface area contributed by atoms with Gasteiger partial charge in [-0.15, -0.1) is 11.6 Å². The van der Waals surface area contributed by atoms with Gasteiger partial charge in [0.15, 0.2) is 0 Å². The van der Waals surface area contributed by atoms with Gasteiger partial charge in [-0.3, -0.25) is 4.98 Å². The summed E-state index contributed by atoms with van der Waals surface area (Å²) in [4.78, 5) is 9.30. The predicted octanol–water partition coefficient (Wildman–Crippen LogP) is 4.02. The van der Waals surface area contributed by atoms with Crippen molar-refractivity contribution in [2.45, 2.75) is 26.3 Å². The Morgan fingerprint density at radius 3 is 2.86 bits per heavy atom. The van der Waals surface area contributed by atoms with Gasteiger partial charge in [0.05, 0.1) is 17.2 Å². The van der Waals surface area contributed by atoms with Crippen LogP contribution in [-0.4, -0.2) is 20.4 Å². The summed E-state index contributed by atoms with van der Waals surface area (Å²) in [5, 5.41) is 1.19. The van der Waals surface area contributed by atoms with Gasteiger partial charge in [-0.25, -0.2) is 4.98 Å². The van der Waals surface area contributed by atoms with E-state index in [1.165, 1.54) is 17.3 Å². The third-order valence-corrected chi connectivity index (χ3v) is 4.76. The van der Waals surface area contributed by atoms with Gasteiger partial charge in [0, 0.05) is 24.2 Å². The SMILES string of the molecule is CC1CC1Cn1c(CCCl)nc2cnc3ccccc3c21. The zero-order chi connectivity index (χ0) is 14.4. The monoisotopic (exact) mass is 299 g/mol. The molecule has 4 heteroatoms. The fourth-order valence-corrected chi connectivity index (χ4v) is 3.34. The summed E-state index contributed by atoms with van der Waals surface area (Å²) >= 11 is 5.97. The van der Waals surface area contributed by atoms with Crippen LogP contribution in [0.2, 0.25) is 0 Å². The maximum Gasteiger partial charge on any atom is 0.111 e. The average molecular weight is 300 g/mol. The molecular weight excluding hydrogens is 282 g/mol. The summed E-state index contributed by atoms with van der Waals surface area (Å²) in [5.74, 6) is 3.31. The molecule has 108 valence electrons. The molecule has 1 aliphatic rings. The van der Waals surface area contributed by atoms with Gasteiger partial charge < -0.3 is 4.57 Å². The summed E-state index contributed by atoms with van der Waals surface area (Å²) in [7, 11) is 0. The minimum atomic E-state index is 0.606. The van der Waals surface area contributed by atoms with Gasteiger partial charge in [-0.05, 0) is 24.3 Å². The highest BCUT2D eigenvalue weighted by atomic mass is 35.5. The maximum absolute atomic E-state index is 5.97. The fourth-order valence-electron chi connectivity index (χ4n) is 3.17. The highest BCUT2D eigenvalue weighted by Gasteiger charge is 2.33. The van der Waals surface area contributed by atoms with Gasteiger partial charge in [-0.2, -0.15) is 0 Å². The number of pyridine rings is 1. The van der Waals surface area contributed by atoms with E-state index in [4.69, 9.17) is 16.6 Å². The minimum absolute atomic E-state index is 0.606. The van der Waals surface area contributed by atoms with E-state index in [2.05, 4.69) is 34.7 Å². The van der Waals surface area contributed by atoms with Crippen LogP contribution < -0.4 is 0 Å². The number of benzene rings is 1. The molecule has 0 spiro atoms. The van der Waals surface area contributed by atoms with E-state index in [-0.39, 0.29) is 0 Å². The molecule has 2 heterocycles. The zero-order valence-corrected chi connectivity index (χ0v) is 12.8. The quantitative estimate of drug-likeness (QED) is 0.681. The lowest BCUT2D eigenvalue weighted by Crippen LogP contribution is -2.07. The Balaban J connectivity index is 1.95. The minimum Gasteiger partial charge on any atom is -0.327 e. The third-order valence-electron chi connectivity index (χ3n) is 4.57. The van der Waals surface area contributed by atoms with Crippen LogP contribution in [0.15, 0.2) is 30.5 Å². The molecule has 1 saturated carbocycles. The number of hydrogen-bond acceptors (Lipinski definition) is 2. The number of para-hydroxylation sites is 1. The number of hydrogen-bond donors (Lipinski definition) is 0. The number of alkyl halides is 1. The molecule has 3 aromatic rings. The van der Waals surface area contributed by atoms with Crippen molar-refractivity contribution in [3.63, 3.8) is 0 Å². The zero-order valence-electron chi connectivity index (χ0n) is 12.1. The molecule has 21 heavy (non-hydrogen) atoms. The second-order valence-electron chi connectivity index (χ2n) is 6.06. The van der Waals surface area contributed by atoms with E-state index in [9.17, 15) is 0 Å². The molecule has 2 aromatic heterocycles. The highest BCUT2D eigenvalue weighted by molar-refractivity contribution is 6.18. The predicted molar refractivity (Wildman–Crippen MR) is 86.7 cm³/mol. The fraction of sp³-hybridized carbons (Fsp3) is 0.412. The summed E-state index contributed by atoms with van der Waals surface area (Å²) < 4.78 is 2.38. The largest absolute Gasteiger partial charge is 0.327 e. The summed E-state index contributed by atoms with van der Waals surface area (Å²) in [6, 6.07) is 8.31. The first-order valence-corrected chi connectivity index (χ1v) is 8.10. The average Bonchev–Trinajstić information content (AvgIpc) is 3.07. The molecule has 1 aliphatic carbocycles. The third kappa shape index (κ3) is 2.20. The van der Waals surface area contributed by atoms with E-state index in [0.29, 0.717) is 5.88 Å². The molecule has 0 aliphatic heterocycles. The van der Waals surface area contributed by atoms with Gasteiger partial charge >= 0.3 is 0 Å². The number of imidazole rings is 1. The number of rotatable bonds is 4. The number of fused-ring (bicyclic) bond motifs is 3. The van der Waals surface area contributed by atoms with Crippen LogP contribution in [0.25, 0.3) is 21.9 Å². The first-order valence-electron chi connectivity index (χ1n) is 7.56. The van der Waals surface area contributed by atoms with Crippen LogP contribution >= 0.6 is 11.6 Å². The van der Waals surface area contributed by atoms with Gasteiger partial charge in [0.25, 0.3) is 0 Å². The van der Waals surface area contributed by atoms with Crippen molar-refractivity contribution in [3.8, 4) is 0 Å². The Morgan fingerprint density at radius 2 is 2.10 bits per heavy atom. The van der Waals surface area contributed by atoms with Crippen LogP contribution in [0.3, 0.4) is 0 Å². The summed E-state index contributed by atoms with van der Waals surface area (Å²) in [6.45, 7) is 3.38. The second-order valence-corrected chi connectivity index (χ2v) is 6.44. The van der Waals surface area contributed by atoms with E-state index in [1.54, 1.807) is 0 Å². The lowest BCUT2D eigenvalue weighted by Gasteiger charge is -2.09. The van der Waals surface area contributed by atoms with Crippen molar-refractivity contribution in [3.05, 3.63) is 36.3 Å². The number of aromatic nitrogens is 3. The highest BCUT2D eigenvalue weighted by Crippen LogP contribution is 2.40. The van der Waals surface area contributed by atoms with Crippen LogP contribution in [-0.2, 0) is 13.0 Å². The van der Waals surface area contributed by atoms with Crippen molar-refractivity contribution in [2.75, 3.05) is 5.88 Å². The van der Waals surface area contributed by atoms with Crippen LogP contribution in [0.4, 0.5) is 0 Å². The van der Waals surface area contributed by atoms with E-state index in [0.717, 1.165) is 41.7 Å². The van der Waals surface area contributed by atoms with Crippen LogP contribution in [0, 0.1) is 11.8 Å². The molecule has 3 nitrogen and oxygen atoms in total. The van der Waals surface area contributed by atoms with Crippen LogP contribution in [0.1, 0.15) is 19.2 Å². The smallest absolute Gasteiger partial charge is 0.111 e. The van der Waals surface area contributed by atoms with Crippen molar-refractivity contribution >= 4 is 33.5 Å². The summed E-state index contributed by atoms with van der Waals surface area (Å²) in [5.41, 5.74) is 3.24. The van der Waals surface area contributed by atoms with E-state index < -0.39 is 0 Å². The molecule has 0 N–H and O–H groups in total. The first kappa shape index (κ1) is 13.1. The Bertz CT molecular complexity index is 808. The Kier molecular flexibility index (Phi) is 3.11. The summed E-state index contributed by atoms with van der Waals surface area (Å²) in [6.07, 6.45) is 4.02. The van der Waals surface area contributed by atoms with E-state index >= 15 is 0 Å². The Morgan fingerprint density at radius 1 is 1.29 bits per heavy atom. The van der Waals surface area contributed by atoms with Crippen molar-refractivity contribution in [1.29, 1.82) is 0 Å². The lowest BCUT2D eigenvalue weighted by atomic mass is 10.2. The molecular formula is C17H18ClN3. The number of nitrogens with zero attached hydrogens (tertiary/aromatic N) is 3. The van der Waals surface area contributed by atoms with Gasteiger partial charge in [0.1, 0.15) is 11.3 Å². The lowest BCUT2D eigenvalue weighted by molar-refractivity contribution is 0.586. The van der Waals surface area contributed by atoms with Gasteiger partial charge in [-0.1, -0.05) is 25.1 Å². The molecule has 1 aromatic carbocycles. The van der Waals surface area contributed by atoms with Crippen molar-refractivity contribution in [2.24, 2.45) is 11.8 Å². The topological polar surface area (TPSA) is 30.7 Å². The number of aryl methyl sites for hydroxylation is 1. The first-order chi connectivity index (χ1) is 10.3. The molecule has 0 radical (unpaired) electrons. The van der Waals surface area contributed by atoms with E-state index in [1.807, 2.05) is 12.3 Å². The Labute approximate surface area is 129 Å². The molecule has 0 amide bonds. The Hall–Kier alpha value is -1.61. The normalized spacial score (nSPS) is 21.2. The second kappa shape index (κ2) is 4.99. The molecule has 0 bridgehead atoms. The maximum atomic E-state index is 5.97. The molecule has 4 rings (SSSR count).